The lowest BCUT2D eigenvalue weighted by Crippen LogP contribution is -2.39. The van der Waals surface area contributed by atoms with Crippen LogP contribution >= 0.6 is 0 Å². The third-order valence-electron chi connectivity index (χ3n) is 6.13. The van der Waals surface area contributed by atoms with Crippen molar-refractivity contribution in [3.05, 3.63) is 77.2 Å². The van der Waals surface area contributed by atoms with Crippen molar-refractivity contribution in [3.8, 4) is 11.5 Å². The van der Waals surface area contributed by atoms with E-state index in [-0.39, 0.29) is 11.9 Å². The zero-order valence-corrected chi connectivity index (χ0v) is 16.8. The first kappa shape index (κ1) is 18.2. The molecule has 0 aliphatic heterocycles. The van der Waals surface area contributed by atoms with Crippen molar-refractivity contribution in [1.82, 2.24) is 9.88 Å². The van der Waals surface area contributed by atoms with Crippen LogP contribution in [0, 0.1) is 6.92 Å². The minimum Gasteiger partial charge on any atom is -0.441 e. The monoisotopic (exact) mass is 386 g/mol. The molecular formula is C25H26N2O2. The Morgan fingerprint density at radius 3 is 2.62 bits per heavy atom. The molecule has 0 radical (unpaired) electrons. The highest BCUT2D eigenvalue weighted by molar-refractivity contribution is 5.80. The SMILES string of the molecule is Cc1oc(-c2ccccc2)nc1CC(=O)N(C1CC1)C1CCCc2ccccc21. The molecule has 2 aliphatic carbocycles. The van der Waals surface area contributed by atoms with Gasteiger partial charge in [-0.3, -0.25) is 4.79 Å². The molecule has 1 amide bonds. The molecule has 1 aromatic heterocycles. The van der Waals surface area contributed by atoms with Crippen molar-refractivity contribution in [3.63, 3.8) is 0 Å². The van der Waals surface area contributed by atoms with Crippen LogP contribution in [-0.4, -0.2) is 21.8 Å². The Morgan fingerprint density at radius 1 is 1.07 bits per heavy atom. The number of oxazole rings is 1. The third kappa shape index (κ3) is 3.59. The summed E-state index contributed by atoms with van der Waals surface area (Å²) in [4.78, 5) is 20.3. The molecule has 0 spiro atoms. The third-order valence-corrected chi connectivity index (χ3v) is 6.13. The van der Waals surface area contributed by atoms with E-state index in [0.717, 1.165) is 49.1 Å². The maximum Gasteiger partial charge on any atom is 0.229 e. The smallest absolute Gasteiger partial charge is 0.229 e. The Hall–Kier alpha value is -2.88. The molecule has 0 saturated heterocycles. The number of aromatic nitrogens is 1. The summed E-state index contributed by atoms with van der Waals surface area (Å²) in [6.07, 6.45) is 5.82. The summed E-state index contributed by atoms with van der Waals surface area (Å²) in [6, 6.07) is 19.1. The first-order chi connectivity index (χ1) is 14.2. The minimum atomic E-state index is 0.171. The molecule has 148 valence electrons. The van der Waals surface area contributed by atoms with E-state index in [2.05, 4.69) is 34.1 Å². The zero-order valence-electron chi connectivity index (χ0n) is 16.8. The van der Waals surface area contributed by atoms with Crippen molar-refractivity contribution in [2.45, 2.75) is 57.5 Å². The highest BCUT2D eigenvalue weighted by Gasteiger charge is 2.39. The van der Waals surface area contributed by atoms with Crippen LogP contribution in [0.2, 0.25) is 0 Å². The lowest BCUT2D eigenvalue weighted by Gasteiger charge is -2.36. The number of carbonyl (C=O) groups excluding carboxylic acids is 1. The lowest BCUT2D eigenvalue weighted by molar-refractivity contribution is -0.134. The highest BCUT2D eigenvalue weighted by atomic mass is 16.4. The van der Waals surface area contributed by atoms with E-state index in [1.165, 1.54) is 11.1 Å². The molecule has 3 aromatic rings. The van der Waals surface area contributed by atoms with E-state index < -0.39 is 0 Å². The molecule has 4 heteroatoms. The van der Waals surface area contributed by atoms with Gasteiger partial charge in [-0.2, -0.15) is 0 Å². The quantitative estimate of drug-likeness (QED) is 0.601. The molecule has 4 nitrogen and oxygen atoms in total. The van der Waals surface area contributed by atoms with Gasteiger partial charge in [-0.25, -0.2) is 4.98 Å². The fourth-order valence-corrected chi connectivity index (χ4v) is 4.53. The van der Waals surface area contributed by atoms with Crippen LogP contribution < -0.4 is 0 Å². The van der Waals surface area contributed by atoms with Gasteiger partial charge in [0.05, 0.1) is 18.2 Å². The van der Waals surface area contributed by atoms with Gasteiger partial charge < -0.3 is 9.32 Å². The Morgan fingerprint density at radius 2 is 1.83 bits per heavy atom. The summed E-state index contributed by atoms with van der Waals surface area (Å²) in [6.45, 7) is 1.90. The van der Waals surface area contributed by atoms with E-state index in [4.69, 9.17) is 4.42 Å². The Labute approximate surface area is 171 Å². The summed E-state index contributed by atoms with van der Waals surface area (Å²) >= 11 is 0. The number of carbonyl (C=O) groups is 1. The van der Waals surface area contributed by atoms with E-state index in [0.29, 0.717) is 18.4 Å². The summed E-state index contributed by atoms with van der Waals surface area (Å²) in [5, 5.41) is 0. The van der Waals surface area contributed by atoms with Gasteiger partial charge in [0.25, 0.3) is 0 Å². The molecule has 1 saturated carbocycles. The molecule has 1 heterocycles. The van der Waals surface area contributed by atoms with Crippen molar-refractivity contribution in [2.24, 2.45) is 0 Å². The number of hydrogen-bond donors (Lipinski definition) is 0. The van der Waals surface area contributed by atoms with E-state index in [1.54, 1.807) is 0 Å². The van der Waals surface area contributed by atoms with Gasteiger partial charge >= 0.3 is 0 Å². The van der Waals surface area contributed by atoms with Crippen LogP contribution in [0.3, 0.4) is 0 Å². The molecule has 1 fully saturated rings. The second-order valence-electron chi connectivity index (χ2n) is 8.20. The first-order valence-electron chi connectivity index (χ1n) is 10.6. The van der Waals surface area contributed by atoms with Gasteiger partial charge in [-0.05, 0) is 62.3 Å². The summed E-state index contributed by atoms with van der Waals surface area (Å²) in [7, 11) is 0. The van der Waals surface area contributed by atoms with E-state index in [9.17, 15) is 4.79 Å². The van der Waals surface area contributed by atoms with Gasteiger partial charge in [0.2, 0.25) is 11.8 Å². The van der Waals surface area contributed by atoms with Crippen LogP contribution in [0.4, 0.5) is 0 Å². The van der Waals surface area contributed by atoms with Gasteiger partial charge in [0, 0.05) is 11.6 Å². The standard InChI is InChI=1S/C25H26N2O2/c1-17-22(26-25(29-17)19-9-3-2-4-10-19)16-24(28)27(20-14-15-20)23-13-7-11-18-8-5-6-12-21(18)23/h2-6,8-10,12,20,23H,7,11,13-16H2,1H3. The van der Waals surface area contributed by atoms with Gasteiger partial charge in [0.1, 0.15) is 5.76 Å². The number of hydrogen-bond acceptors (Lipinski definition) is 3. The normalized spacial score (nSPS) is 18.3. The zero-order chi connectivity index (χ0) is 19.8. The van der Waals surface area contributed by atoms with E-state index >= 15 is 0 Å². The predicted molar refractivity (Wildman–Crippen MR) is 112 cm³/mol. The number of nitrogens with zero attached hydrogens (tertiary/aromatic N) is 2. The number of amides is 1. The average Bonchev–Trinajstić information content (AvgIpc) is 3.52. The van der Waals surface area contributed by atoms with Crippen LogP contribution in [0.5, 0.6) is 0 Å². The fourth-order valence-electron chi connectivity index (χ4n) is 4.53. The van der Waals surface area contributed by atoms with Crippen molar-refractivity contribution < 1.29 is 9.21 Å². The maximum atomic E-state index is 13.4. The number of rotatable bonds is 5. The Bertz CT molecular complexity index is 1020. The van der Waals surface area contributed by atoms with Gasteiger partial charge in [-0.1, -0.05) is 42.5 Å². The van der Waals surface area contributed by atoms with Crippen LogP contribution in [0.25, 0.3) is 11.5 Å². The highest BCUT2D eigenvalue weighted by Crippen LogP contribution is 2.41. The second kappa shape index (κ2) is 7.51. The predicted octanol–water partition coefficient (Wildman–Crippen LogP) is 5.26. The molecule has 1 unspecified atom stereocenters. The molecule has 29 heavy (non-hydrogen) atoms. The van der Waals surface area contributed by atoms with Crippen molar-refractivity contribution >= 4 is 5.91 Å². The van der Waals surface area contributed by atoms with Crippen LogP contribution in [-0.2, 0) is 17.6 Å². The first-order valence-corrected chi connectivity index (χ1v) is 10.6. The fraction of sp³-hybridized carbons (Fsp3) is 0.360. The lowest BCUT2D eigenvalue weighted by atomic mass is 9.86. The van der Waals surface area contributed by atoms with E-state index in [1.807, 2.05) is 37.3 Å². The molecular weight excluding hydrogens is 360 g/mol. The van der Waals surface area contributed by atoms with Gasteiger partial charge in [0.15, 0.2) is 0 Å². The number of fused-ring (bicyclic) bond motifs is 1. The van der Waals surface area contributed by atoms with Gasteiger partial charge in [-0.15, -0.1) is 0 Å². The van der Waals surface area contributed by atoms with Crippen LogP contribution in [0.15, 0.2) is 59.0 Å². The molecule has 2 aromatic carbocycles. The summed E-state index contributed by atoms with van der Waals surface area (Å²) < 4.78 is 5.88. The van der Waals surface area contributed by atoms with Crippen molar-refractivity contribution in [2.75, 3.05) is 0 Å². The molecule has 2 aliphatic rings. The summed E-state index contributed by atoms with van der Waals surface area (Å²) in [5.74, 6) is 1.49. The maximum absolute atomic E-state index is 13.4. The molecule has 0 bridgehead atoms. The second-order valence-corrected chi connectivity index (χ2v) is 8.20. The Kier molecular flexibility index (Phi) is 4.70. The largest absolute Gasteiger partial charge is 0.441 e. The Balaban J connectivity index is 1.41. The topological polar surface area (TPSA) is 46.3 Å². The summed E-state index contributed by atoms with van der Waals surface area (Å²) in [5.41, 5.74) is 4.42. The van der Waals surface area contributed by atoms with Crippen LogP contribution in [0.1, 0.15) is 54.3 Å². The van der Waals surface area contributed by atoms with Crippen molar-refractivity contribution in [1.29, 1.82) is 0 Å². The molecule has 5 rings (SSSR count). The molecule has 0 N–H and O–H groups in total. The molecule has 1 atom stereocenters. The average molecular weight is 386 g/mol. The number of benzene rings is 2. The number of aryl methyl sites for hydroxylation is 2. The minimum absolute atomic E-state index is 0.171.